The molecular weight excluding hydrogens is 1150 g/mol. The van der Waals surface area contributed by atoms with Crippen LogP contribution in [0.5, 0.6) is 0 Å². The monoisotopic (exact) mass is 1240 g/mol. The molecule has 4 aromatic heterocycles. The van der Waals surface area contributed by atoms with E-state index in [2.05, 4.69) is 90.1 Å². The summed E-state index contributed by atoms with van der Waals surface area (Å²) < 4.78 is 1.35. The standard InChI is InChI=1S/C69H96N2O2S8/c1-9-17-23-29-35-51-53(37-31-25-19-11-3)59(47-61-65(72)70(15-7)67(74)80-61)78-57(51)41-39-49-45-55-63(76-49)64-56(69(55,43-33-27-21-13-5)44-34-28-22-14-6)46-50(77-64)40-42-58-52(36-30-24-18-10-2)54(38-32-26-20-12-4)60(79-58)48-62-66(73)71(16-8)68(75)81-62/h39-42,45-48H,9-38,43-44H2,1-8H3/b41-39+,42-40+,61-47-,62-48+. The Morgan fingerprint density at radius 1 is 0.407 bits per heavy atom. The molecule has 0 N–H and O–H groups in total. The first-order valence-electron chi connectivity index (χ1n) is 32.0. The smallest absolute Gasteiger partial charge is 0.266 e. The van der Waals surface area contributed by atoms with Gasteiger partial charge in [-0.25, -0.2) is 0 Å². The third-order valence-electron chi connectivity index (χ3n) is 16.8. The Hall–Kier alpha value is -2.42. The minimum Gasteiger partial charge on any atom is -0.293 e. The summed E-state index contributed by atoms with van der Waals surface area (Å²) in [5, 5.41) is 0. The van der Waals surface area contributed by atoms with E-state index in [1.165, 1.54) is 252 Å². The van der Waals surface area contributed by atoms with Crippen molar-refractivity contribution in [1.29, 1.82) is 0 Å². The minimum absolute atomic E-state index is 0.00492. The Bertz CT molecular complexity index is 2650. The van der Waals surface area contributed by atoms with Crippen molar-refractivity contribution in [1.82, 2.24) is 9.80 Å². The van der Waals surface area contributed by atoms with E-state index in [0.717, 1.165) is 35.5 Å². The Kier molecular flexibility index (Phi) is 27.8. The predicted molar refractivity (Wildman–Crippen MR) is 375 cm³/mol. The second-order valence-corrected chi connectivity index (χ2v) is 30.5. The van der Waals surface area contributed by atoms with Gasteiger partial charge in [0.25, 0.3) is 11.8 Å². The minimum atomic E-state index is 0.00492. The molecule has 0 aromatic carbocycles. The Labute approximate surface area is 526 Å². The molecular formula is C69H96N2O2S8. The van der Waals surface area contributed by atoms with Crippen LogP contribution in [0.4, 0.5) is 0 Å². The highest BCUT2D eigenvalue weighted by molar-refractivity contribution is 8.27. The van der Waals surface area contributed by atoms with Crippen molar-refractivity contribution in [3.05, 3.63) is 84.6 Å². The van der Waals surface area contributed by atoms with Crippen LogP contribution >= 0.6 is 93.3 Å². The van der Waals surface area contributed by atoms with E-state index >= 15 is 0 Å². The summed E-state index contributed by atoms with van der Waals surface area (Å²) in [5.74, 6) is 0.107. The van der Waals surface area contributed by atoms with Crippen LogP contribution in [0.2, 0.25) is 0 Å². The van der Waals surface area contributed by atoms with Crippen LogP contribution in [-0.4, -0.2) is 43.3 Å². The molecule has 442 valence electrons. The fourth-order valence-electron chi connectivity index (χ4n) is 12.2. The molecule has 0 spiro atoms. The molecule has 3 aliphatic rings. The summed E-state index contributed by atoms with van der Waals surface area (Å²) in [6.07, 6.45) is 50.6. The average Bonchev–Trinajstić information content (AvgIpc) is 2.56. The number of likely N-dealkylation sites (N-methyl/N-ethyl adjacent to an activating group) is 2. The highest BCUT2D eigenvalue weighted by atomic mass is 32.2. The van der Waals surface area contributed by atoms with Crippen LogP contribution in [0, 0.1) is 0 Å². The molecule has 12 heteroatoms. The molecule has 0 atom stereocenters. The average molecular weight is 1240 g/mol. The number of carbonyl (C=O) groups excluding carboxylic acids is 2. The highest BCUT2D eigenvalue weighted by Crippen LogP contribution is 2.60. The van der Waals surface area contributed by atoms with E-state index in [9.17, 15) is 9.59 Å². The largest absolute Gasteiger partial charge is 0.293 e. The van der Waals surface area contributed by atoms with E-state index in [0.29, 0.717) is 21.7 Å². The Morgan fingerprint density at radius 2 is 0.728 bits per heavy atom. The number of nitrogens with zero attached hydrogens (tertiary/aromatic N) is 2. The van der Waals surface area contributed by atoms with Gasteiger partial charge >= 0.3 is 0 Å². The molecule has 81 heavy (non-hydrogen) atoms. The second-order valence-electron chi connectivity index (χ2n) is 22.8. The van der Waals surface area contributed by atoms with Gasteiger partial charge in [0.2, 0.25) is 0 Å². The number of thioether (sulfide) groups is 2. The number of thiophene rings is 4. The van der Waals surface area contributed by atoms with Crippen LogP contribution in [-0.2, 0) is 40.7 Å². The van der Waals surface area contributed by atoms with Crippen molar-refractivity contribution in [3.63, 3.8) is 0 Å². The van der Waals surface area contributed by atoms with Crippen LogP contribution in [0.3, 0.4) is 0 Å². The number of hydrogen-bond acceptors (Lipinski definition) is 10. The van der Waals surface area contributed by atoms with Gasteiger partial charge in [0.05, 0.1) is 9.81 Å². The van der Waals surface area contributed by atoms with Crippen molar-refractivity contribution in [3.8, 4) is 9.75 Å². The van der Waals surface area contributed by atoms with E-state index < -0.39 is 0 Å². The van der Waals surface area contributed by atoms with Gasteiger partial charge in [0.15, 0.2) is 0 Å². The Morgan fingerprint density at radius 3 is 1.04 bits per heavy atom. The lowest BCUT2D eigenvalue weighted by Crippen LogP contribution is -2.27. The Balaban J connectivity index is 1.32. The predicted octanol–water partition coefficient (Wildman–Crippen LogP) is 23.4. The molecule has 2 saturated heterocycles. The van der Waals surface area contributed by atoms with Crippen molar-refractivity contribution in [2.45, 2.75) is 253 Å². The molecule has 0 saturated carbocycles. The van der Waals surface area contributed by atoms with E-state index in [1.807, 2.05) is 59.2 Å². The van der Waals surface area contributed by atoms with Gasteiger partial charge in [-0.1, -0.05) is 218 Å². The van der Waals surface area contributed by atoms with Crippen molar-refractivity contribution in [2.24, 2.45) is 0 Å². The van der Waals surface area contributed by atoms with E-state index in [4.69, 9.17) is 24.4 Å². The maximum atomic E-state index is 13.7. The van der Waals surface area contributed by atoms with Crippen LogP contribution in [0.1, 0.15) is 285 Å². The zero-order valence-corrected chi connectivity index (χ0v) is 57.3. The molecule has 0 radical (unpaired) electrons. The molecule has 0 unspecified atom stereocenters. The molecule has 2 amide bonds. The third kappa shape index (κ3) is 17.0. The summed E-state index contributed by atoms with van der Waals surface area (Å²) in [6.45, 7) is 19.1. The highest BCUT2D eigenvalue weighted by Gasteiger charge is 2.45. The number of thiocarbonyl (C=S) groups is 2. The lowest BCUT2D eigenvalue weighted by atomic mass is 9.71. The van der Waals surface area contributed by atoms with Crippen LogP contribution < -0.4 is 0 Å². The van der Waals surface area contributed by atoms with Gasteiger partial charge in [0, 0.05) is 57.5 Å². The fraction of sp³-hybridized carbons (Fsp3) is 0.594. The summed E-state index contributed by atoms with van der Waals surface area (Å²) in [5.41, 5.74) is 9.09. The van der Waals surface area contributed by atoms with E-state index in [1.54, 1.807) is 20.9 Å². The normalized spacial score (nSPS) is 16.2. The quantitative estimate of drug-likeness (QED) is 0.0253. The molecule has 1 aliphatic carbocycles. The van der Waals surface area contributed by atoms with Gasteiger partial charge in [-0.2, -0.15) is 0 Å². The first-order valence-corrected chi connectivity index (χ1v) is 37.7. The first-order chi connectivity index (χ1) is 39.5. The molecule has 2 aliphatic heterocycles. The molecule has 2 fully saturated rings. The zero-order valence-electron chi connectivity index (χ0n) is 50.7. The summed E-state index contributed by atoms with van der Waals surface area (Å²) >= 11 is 22.2. The maximum absolute atomic E-state index is 13.7. The van der Waals surface area contributed by atoms with Crippen molar-refractivity contribution >= 4 is 150 Å². The lowest BCUT2D eigenvalue weighted by Gasteiger charge is -2.31. The maximum Gasteiger partial charge on any atom is 0.266 e. The molecule has 7 rings (SSSR count). The van der Waals surface area contributed by atoms with Crippen LogP contribution in [0.15, 0.2) is 21.9 Å². The molecule has 4 aromatic rings. The molecule has 0 bridgehead atoms. The van der Waals surface area contributed by atoms with Gasteiger partial charge < -0.3 is 0 Å². The number of rotatable bonds is 38. The number of fused-ring (bicyclic) bond motifs is 3. The molecule has 6 heterocycles. The third-order valence-corrected chi connectivity index (χ3v) is 24.3. The van der Waals surface area contributed by atoms with Crippen molar-refractivity contribution < 1.29 is 9.59 Å². The van der Waals surface area contributed by atoms with Gasteiger partial charge in [-0.05, 0) is 160 Å². The summed E-state index contributed by atoms with van der Waals surface area (Å²) in [6, 6.07) is 5.23. The molecule has 4 nitrogen and oxygen atoms in total. The number of unbranched alkanes of at least 4 members (excludes halogenated alkanes) is 18. The second kappa shape index (κ2) is 34.1. The fourth-order valence-corrected chi connectivity index (χ4v) is 20.1. The number of amides is 2. The lowest BCUT2D eigenvalue weighted by molar-refractivity contribution is -0.122. The van der Waals surface area contributed by atoms with Gasteiger partial charge in [-0.15, -0.1) is 45.3 Å². The zero-order chi connectivity index (χ0) is 57.7. The van der Waals surface area contributed by atoms with Crippen molar-refractivity contribution in [2.75, 3.05) is 13.1 Å². The summed E-state index contributed by atoms with van der Waals surface area (Å²) in [4.78, 5) is 43.3. The van der Waals surface area contributed by atoms with Gasteiger partial charge in [-0.3, -0.25) is 19.4 Å². The topological polar surface area (TPSA) is 40.6 Å². The number of hydrogen-bond donors (Lipinski definition) is 0. The van der Waals surface area contributed by atoms with E-state index in [-0.39, 0.29) is 17.2 Å². The first kappa shape index (κ1) is 66.1. The van der Waals surface area contributed by atoms with Crippen LogP contribution in [0.25, 0.3) is 46.2 Å². The number of carbonyl (C=O) groups is 2. The summed E-state index contributed by atoms with van der Waals surface area (Å²) in [7, 11) is 0. The SMILES string of the molecule is CCCCCCc1c(/C=C2\SC(=S)N(CC)C2=O)sc(/C=C/c2cc3c(s2)-c2sc(/C=C/c4sc(/C=C5/SC(=S)N(CC)C5=O)c(CCCCCC)c4CCCCCC)cc2C3(CCCCCC)CCCCCC)c1CCCCCC. The van der Waals surface area contributed by atoms with Gasteiger partial charge in [0.1, 0.15) is 8.64 Å².